The third-order valence-corrected chi connectivity index (χ3v) is 3.00. The Bertz CT molecular complexity index is 584. The molecule has 0 unspecified atom stereocenters. The fourth-order valence-corrected chi connectivity index (χ4v) is 1.75. The van der Waals surface area contributed by atoms with Crippen molar-refractivity contribution in [2.24, 2.45) is 0 Å². The average Bonchev–Trinajstić information content (AvgIpc) is 2.50. The Hall–Kier alpha value is -2.32. The van der Waals surface area contributed by atoms with Gasteiger partial charge in [-0.05, 0) is 31.5 Å². The highest BCUT2D eigenvalue weighted by molar-refractivity contribution is 5.96. The topological polar surface area (TPSA) is 66.8 Å². The SMILES string of the molecule is CCN(CC(=O)OC)C(=O)c1ccc(C)c(C#CCO)c1. The van der Waals surface area contributed by atoms with Crippen LogP contribution in [0.3, 0.4) is 0 Å². The first-order valence-corrected chi connectivity index (χ1v) is 6.60. The van der Waals surface area contributed by atoms with Crippen LogP contribution in [0.25, 0.3) is 0 Å². The van der Waals surface area contributed by atoms with Gasteiger partial charge in [-0.15, -0.1) is 0 Å². The molecule has 0 saturated heterocycles. The molecule has 1 aromatic carbocycles. The molecule has 0 saturated carbocycles. The van der Waals surface area contributed by atoms with Crippen molar-refractivity contribution in [3.63, 3.8) is 0 Å². The van der Waals surface area contributed by atoms with Crippen LogP contribution in [0.5, 0.6) is 0 Å². The van der Waals surface area contributed by atoms with Crippen LogP contribution < -0.4 is 0 Å². The number of benzene rings is 1. The molecule has 5 nitrogen and oxygen atoms in total. The number of aryl methyl sites for hydroxylation is 1. The number of carbonyl (C=O) groups excluding carboxylic acids is 2. The lowest BCUT2D eigenvalue weighted by molar-refractivity contribution is -0.141. The van der Waals surface area contributed by atoms with Crippen molar-refractivity contribution in [1.29, 1.82) is 0 Å². The molecule has 0 aliphatic carbocycles. The number of carbonyl (C=O) groups is 2. The van der Waals surface area contributed by atoms with Gasteiger partial charge in [0.15, 0.2) is 0 Å². The number of hydrogen-bond acceptors (Lipinski definition) is 4. The summed E-state index contributed by atoms with van der Waals surface area (Å²) in [7, 11) is 1.29. The Labute approximate surface area is 124 Å². The van der Waals surface area contributed by atoms with Gasteiger partial charge in [-0.3, -0.25) is 9.59 Å². The first-order chi connectivity index (χ1) is 10.0. The van der Waals surface area contributed by atoms with Gasteiger partial charge >= 0.3 is 5.97 Å². The lowest BCUT2D eigenvalue weighted by Crippen LogP contribution is -2.36. The summed E-state index contributed by atoms with van der Waals surface area (Å²) in [5.74, 6) is 4.65. The molecular formula is C16H19NO4. The number of methoxy groups -OCH3 is 1. The van der Waals surface area contributed by atoms with E-state index in [1.807, 2.05) is 6.92 Å². The number of esters is 1. The molecule has 1 N–H and O–H groups in total. The smallest absolute Gasteiger partial charge is 0.325 e. The van der Waals surface area contributed by atoms with Gasteiger partial charge in [0.05, 0.1) is 7.11 Å². The Morgan fingerprint density at radius 3 is 2.67 bits per heavy atom. The van der Waals surface area contributed by atoms with E-state index in [0.717, 1.165) is 5.56 Å². The monoisotopic (exact) mass is 289 g/mol. The van der Waals surface area contributed by atoms with E-state index < -0.39 is 5.97 Å². The van der Waals surface area contributed by atoms with E-state index in [1.54, 1.807) is 25.1 Å². The number of aliphatic hydroxyl groups excluding tert-OH is 1. The summed E-state index contributed by atoms with van der Waals surface area (Å²) in [6, 6.07) is 5.16. The van der Waals surface area contributed by atoms with Crippen molar-refractivity contribution >= 4 is 11.9 Å². The quantitative estimate of drug-likeness (QED) is 0.662. The molecule has 21 heavy (non-hydrogen) atoms. The minimum Gasteiger partial charge on any atom is -0.468 e. The Balaban J connectivity index is 3.03. The summed E-state index contributed by atoms with van der Waals surface area (Å²) in [6.45, 7) is 3.75. The molecule has 1 aromatic rings. The van der Waals surface area contributed by atoms with Crippen molar-refractivity contribution in [2.75, 3.05) is 26.8 Å². The molecule has 0 atom stereocenters. The van der Waals surface area contributed by atoms with E-state index in [4.69, 9.17) is 5.11 Å². The molecular weight excluding hydrogens is 270 g/mol. The normalized spacial score (nSPS) is 9.52. The van der Waals surface area contributed by atoms with Crippen LogP contribution in [0.15, 0.2) is 18.2 Å². The molecule has 0 bridgehead atoms. The highest BCUT2D eigenvalue weighted by Gasteiger charge is 2.18. The highest BCUT2D eigenvalue weighted by Crippen LogP contribution is 2.12. The van der Waals surface area contributed by atoms with Crippen LogP contribution >= 0.6 is 0 Å². The maximum absolute atomic E-state index is 12.4. The molecule has 0 aromatic heterocycles. The summed E-state index contributed by atoms with van der Waals surface area (Å²) in [5.41, 5.74) is 2.06. The van der Waals surface area contributed by atoms with Crippen LogP contribution in [-0.2, 0) is 9.53 Å². The number of rotatable bonds is 4. The third kappa shape index (κ3) is 4.62. The van der Waals surface area contributed by atoms with Gasteiger partial charge < -0.3 is 14.7 Å². The molecule has 1 amide bonds. The number of amides is 1. The van der Waals surface area contributed by atoms with Crippen LogP contribution in [-0.4, -0.2) is 48.7 Å². The molecule has 0 aliphatic rings. The second kappa shape index (κ2) is 8.08. The Kier molecular flexibility index (Phi) is 6.44. The van der Waals surface area contributed by atoms with Gasteiger partial charge in [0.2, 0.25) is 0 Å². The van der Waals surface area contributed by atoms with Crippen LogP contribution in [0, 0.1) is 18.8 Å². The summed E-state index contributed by atoms with van der Waals surface area (Å²) >= 11 is 0. The predicted molar refractivity (Wildman–Crippen MR) is 78.7 cm³/mol. The predicted octanol–water partition coefficient (Wildman–Crippen LogP) is 0.974. The lowest BCUT2D eigenvalue weighted by Gasteiger charge is -2.19. The maximum atomic E-state index is 12.4. The fourth-order valence-electron chi connectivity index (χ4n) is 1.75. The molecule has 0 spiro atoms. The van der Waals surface area contributed by atoms with Gasteiger partial charge in [-0.1, -0.05) is 17.9 Å². The molecule has 0 radical (unpaired) electrons. The van der Waals surface area contributed by atoms with Crippen molar-refractivity contribution in [3.8, 4) is 11.8 Å². The van der Waals surface area contributed by atoms with Crippen LogP contribution in [0.2, 0.25) is 0 Å². The van der Waals surface area contributed by atoms with E-state index in [2.05, 4.69) is 16.6 Å². The van der Waals surface area contributed by atoms with E-state index >= 15 is 0 Å². The number of aliphatic hydroxyl groups is 1. The zero-order chi connectivity index (χ0) is 15.8. The average molecular weight is 289 g/mol. The number of hydrogen-bond donors (Lipinski definition) is 1. The minimum atomic E-state index is -0.461. The molecule has 0 fully saturated rings. The Morgan fingerprint density at radius 1 is 1.38 bits per heavy atom. The third-order valence-electron chi connectivity index (χ3n) is 3.00. The summed E-state index contributed by atoms with van der Waals surface area (Å²) in [5, 5.41) is 8.75. The second-order valence-corrected chi connectivity index (χ2v) is 4.39. The summed E-state index contributed by atoms with van der Waals surface area (Å²) in [6.07, 6.45) is 0. The van der Waals surface area contributed by atoms with Gasteiger partial charge in [0.1, 0.15) is 13.2 Å². The maximum Gasteiger partial charge on any atom is 0.325 e. The number of ether oxygens (including phenoxy) is 1. The first-order valence-electron chi connectivity index (χ1n) is 6.60. The number of nitrogens with zero attached hydrogens (tertiary/aromatic N) is 1. The van der Waals surface area contributed by atoms with Crippen molar-refractivity contribution in [1.82, 2.24) is 4.90 Å². The van der Waals surface area contributed by atoms with E-state index in [-0.39, 0.29) is 19.1 Å². The van der Waals surface area contributed by atoms with Gasteiger partial charge in [-0.2, -0.15) is 0 Å². The van der Waals surface area contributed by atoms with E-state index in [1.165, 1.54) is 12.0 Å². The van der Waals surface area contributed by atoms with Crippen molar-refractivity contribution in [3.05, 3.63) is 34.9 Å². The second-order valence-electron chi connectivity index (χ2n) is 4.39. The summed E-state index contributed by atoms with van der Waals surface area (Å²) < 4.78 is 4.58. The fraction of sp³-hybridized carbons (Fsp3) is 0.375. The van der Waals surface area contributed by atoms with Crippen molar-refractivity contribution < 1.29 is 19.4 Å². The Morgan fingerprint density at radius 2 is 2.10 bits per heavy atom. The van der Waals surface area contributed by atoms with Gasteiger partial charge in [0, 0.05) is 17.7 Å². The van der Waals surface area contributed by atoms with Crippen LogP contribution in [0.4, 0.5) is 0 Å². The van der Waals surface area contributed by atoms with E-state index in [0.29, 0.717) is 17.7 Å². The van der Waals surface area contributed by atoms with Crippen LogP contribution in [0.1, 0.15) is 28.4 Å². The van der Waals surface area contributed by atoms with Gasteiger partial charge in [-0.25, -0.2) is 0 Å². The molecule has 1 rings (SSSR count). The zero-order valence-corrected chi connectivity index (χ0v) is 12.5. The molecule has 112 valence electrons. The van der Waals surface area contributed by atoms with E-state index in [9.17, 15) is 9.59 Å². The van der Waals surface area contributed by atoms with Crippen molar-refractivity contribution in [2.45, 2.75) is 13.8 Å². The largest absolute Gasteiger partial charge is 0.468 e. The molecule has 5 heteroatoms. The molecule has 0 heterocycles. The minimum absolute atomic E-state index is 0.0860. The summed E-state index contributed by atoms with van der Waals surface area (Å²) in [4.78, 5) is 25.1. The highest BCUT2D eigenvalue weighted by atomic mass is 16.5. The standard InChI is InChI=1S/C16H19NO4/c1-4-17(11-15(19)21-3)16(20)14-8-7-12(2)13(10-14)6-5-9-18/h7-8,10,18H,4,9,11H2,1-3H3. The molecule has 0 aliphatic heterocycles. The van der Waals surface area contributed by atoms with Gasteiger partial charge in [0.25, 0.3) is 5.91 Å². The number of likely N-dealkylation sites (N-methyl/N-ethyl adjacent to an activating group) is 1. The lowest BCUT2D eigenvalue weighted by atomic mass is 10.0. The first kappa shape index (κ1) is 16.7. The zero-order valence-electron chi connectivity index (χ0n) is 12.5.